The number of alkyl halides is 2. The van der Waals surface area contributed by atoms with E-state index >= 15 is 0 Å². The number of halogens is 2. The van der Waals surface area contributed by atoms with Crippen molar-refractivity contribution in [2.75, 3.05) is 6.61 Å². The molecule has 14 heavy (non-hydrogen) atoms. The van der Waals surface area contributed by atoms with Gasteiger partial charge >= 0.3 is 6.43 Å². The van der Waals surface area contributed by atoms with Crippen LogP contribution in [0.3, 0.4) is 0 Å². The fraction of sp³-hybridized carbons (Fsp3) is 0.889. The summed E-state index contributed by atoms with van der Waals surface area (Å²) >= 11 is 0. The van der Waals surface area contributed by atoms with Crippen molar-refractivity contribution in [2.45, 2.75) is 44.8 Å². The maximum absolute atomic E-state index is 11.9. The molecule has 0 saturated carbocycles. The predicted octanol–water partition coefficient (Wildman–Crippen LogP) is 1.33. The van der Waals surface area contributed by atoms with E-state index in [-0.39, 0.29) is 12.1 Å². The van der Waals surface area contributed by atoms with Crippen LogP contribution in [0.25, 0.3) is 0 Å². The van der Waals surface area contributed by atoms with E-state index < -0.39 is 12.3 Å². The number of carbonyl (C=O) groups is 1. The van der Waals surface area contributed by atoms with Crippen LogP contribution in [0.2, 0.25) is 0 Å². The summed E-state index contributed by atoms with van der Waals surface area (Å²) in [6, 6.07) is -0.336. The molecule has 1 aliphatic rings. The average Bonchev–Trinajstić information content (AvgIpc) is 2.19. The third kappa shape index (κ3) is 3.21. The van der Waals surface area contributed by atoms with Crippen LogP contribution in [-0.4, -0.2) is 31.1 Å². The second-order valence-electron chi connectivity index (χ2n) is 3.50. The summed E-state index contributed by atoms with van der Waals surface area (Å²) in [5.41, 5.74) is 0. The third-order valence-corrected chi connectivity index (χ3v) is 2.34. The largest absolute Gasteiger partial charge is 0.376 e. The van der Waals surface area contributed by atoms with Crippen LogP contribution >= 0.6 is 0 Å². The number of carbonyl (C=O) groups excluding carboxylic acids is 1. The first-order chi connectivity index (χ1) is 6.61. The van der Waals surface area contributed by atoms with Gasteiger partial charge in [0.25, 0.3) is 5.91 Å². The van der Waals surface area contributed by atoms with Gasteiger partial charge in [-0.15, -0.1) is 0 Å². The second-order valence-corrected chi connectivity index (χ2v) is 3.50. The van der Waals surface area contributed by atoms with Crippen molar-refractivity contribution in [1.29, 1.82) is 0 Å². The lowest BCUT2D eigenvalue weighted by molar-refractivity contribution is -0.133. The van der Waals surface area contributed by atoms with Crippen molar-refractivity contribution in [3.05, 3.63) is 0 Å². The fourth-order valence-corrected chi connectivity index (χ4v) is 1.54. The molecule has 0 aromatic heterocycles. The topological polar surface area (TPSA) is 38.3 Å². The predicted molar refractivity (Wildman–Crippen MR) is 47.2 cm³/mol. The van der Waals surface area contributed by atoms with Gasteiger partial charge in [-0.1, -0.05) is 0 Å². The molecule has 1 saturated heterocycles. The van der Waals surface area contributed by atoms with Crippen LogP contribution in [0.4, 0.5) is 8.78 Å². The zero-order chi connectivity index (χ0) is 10.6. The summed E-state index contributed by atoms with van der Waals surface area (Å²) in [7, 11) is 0. The van der Waals surface area contributed by atoms with E-state index in [2.05, 4.69) is 5.32 Å². The van der Waals surface area contributed by atoms with Gasteiger partial charge in [-0.2, -0.15) is 8.78 Å². The molecule has 82 valence electrons. The van der Waals surface area contributed by atoms with Crippen molar-refractivity contribution in [1.82, 2.24) is 5.32 Å². The number of hydrogen-bond donors (Lipinski definition) is 1. The Morgan fingerprint density at radius 2 is 2.21 bits per heavy atom. The highest BCUT2D eigenvalue weighted by Crippen LogP contribution is 2.15. The normalized spacial score (nSPS) is 24.7. The standard InChI is InChI=1S/C9H15F2NO2/c1-6(12-9(13)8(10)11)7-4-2-3-5-14-7/h6-8H,2-5H2,1H3,(H,12,13). The van der Waals surface area contributed by atoms with Crippen LogP contribution in [-0.2, 0) is 9.53 Å². The van der Waals surface area contributed by atoms with Gasteiger partial charge in [0, 0.05) is 6.61 Å². The van der Waals surface area contributed by atoms with E-state index in [1.165, 1.54) is 0 Å². The Morgan fingerprint density at radius 3 is 2.71 bits per heavy atom. The zero-order valence-electron chi connectivity index (χ0n) is 8.13. The minimum Gasteiger partial charge on any atom is -0.376 e. The summed E-state index contributed by atoms with van der Waals surface area (Å²) in [6.45, 7) is 2.34. The van der Waals surface area contributed by atoms with Gasteiger partial charge in [-0.3, -0.25) is 4.79 Å². The minimum atomic E-state index is -2.94. The SMILES string of the molecule is CC(NC(=O)C(F)F)C1CCCCO1. The first-order valence-electron chi connectivity index (χ1n) is 4.81. The Bertz CT molecular complexity index is 193. The number of rotatable bonds is 3. The number of ether oxygens (including phenoxy) is 1. The van der Waals surface area contributed by atoms with Gasteiger partial charge in [0.1, 0.15) is 0 Å². The van der Waals surface area contributed by atoms with Gasteiger partial charge in [-0.25, -0.2) is 0 Å². The van der Waals surface area contributed by atoms with E-state index in [1.54, 1.807) is 6.92 Å². The molecule has 0 aromatic carbocycles. The quantitative estimate of drug-likeness (QED) is 0.758. The van der Waals surface area contributed by atoms with Crippen molar-refractivity contribution < 1.29 is 18.3 Å². The zero-order valence-corrected chi connectivity index (χ0v) is 8.13. The van der Waals surface area contributed by atoms with E-state index in [1.807, 2.05) is 0 Å². The van der Waals surface area contributed by atoms with Crippen molar-refractivity contribution >= 4 is 5.91 Å². The highest BCUT2D eigenvalue weighted by Gasteiger charge is 2.25. The Kier molecular flexibility index (Phi) is 4.25. The Hall–Kier alpha value is -0.710. The highest BCUT2D eigenvalue weighted by atomic mass is 19.3. The second kappa shape index (κ2) is 5.24. The van der Waals surface area contributed by atoms with E-state index in [0.717, 1.165) is 19.3 Å². The first-order valence-corrected chi connectivity index (χ1v) is 4.81. The summed E-state index contributed by atoms with van der Waals surface area (Å²) in [5.74, 6) is -1.22. The van der Waals surface area contributed by atoms with Crippen LogP contribution in [0.5, 0.6) is 0 Å². The van der Waals surface area contributed by atoms with Crippen molar-refractivity contribution in [3.8, 4) is 0 Å². The molecule has 1 N–H and O–H groups in total. The molecule has 5 heteroatoms. The summed E-state index contributed by atoms with van der Waals surface area (Å²) < 4.78 is 29.2. The molecular formula is C9H15F2NO2. The van der Waals surface area contributed by atoms with Crippen molar-refractivity contribution in [2.24, 2.45) is 0 Å². The molecule has 1 aliphatic heterocycles. The maximum Gasteiger partial charge on any atom is 0.315 e. The molecule has 2 unspecified atom stereocenters. The molecule has 1 amide bonds. The molecule has 0 bridgehead atoms. The Labute approximate surface area is 81.8 Å². The van der Waals surface area contributed by atoms with Crippen LogP contribution < -0.4 is 5.32 Å². The third-order valence-electron chi connectivity index (χ3n) is 2.34. The molecular weight excluding hydrogens is 192 g/mol. The molecule has 1 rings (SSSR count). The fourth-order valence-electron chi connectivity index (χ4n) is 1.54. The van der Waals surface area contributed by atoms with Gasteiger partial charge in [0.05, 0.1) is 12.1 Å². The van der Waals surface area contributed by atoms with Crippen LogP contribution in [0, 0.1) is 0 Å². The minimum absolute atomic E-state index is 0.119. The molecule has 2 atom stereocenters. The Morgan fingerprint density at radius 1 is 1.50 bits per heavy atom. The molecule has 1 heterocycles. The molecule has 0 spiro atoms. The number of hydrogen-bond acceptors (Lipinski definition) is 2. The average molecular weight is 207 g/mol. The van der Waals surface area contributed by atoms with Crippen molar-refractivity contribution in [3.63, 3.8) is 0 Å². The lowest BCUT2D eigenvalue weighted by atomic mass is 10.0. The maximum atomic E-state index is 11.9. The first kappa shape index (κ1) is 11.4. The lowest BCUT2D eigenvalue weighted by Gasteiger charge is -2.28. The van der Waals surface area contributed by atoms with Crippen LogP contribution in [0.1, 0.15) is 26.2 Å². The molecule has 1 fully saturated rings. The number of amides is 1. The van der Waals surface area contributed by atoms with E-state index in [0.29, 0.717) is 6.61 Å². The van der Waals surface area contributed by atoms with E-state index in [9.17, 15) is 13.6 Å². The molecule has 3 nitrogen and oxygen atoms in total. The van der Waals surface area contributed by atoms with Gasteiger partial charge in [0.15, 0.2) is 0 Å². The Balaban J connectivity index is 2.32. The van der Waals surface area contributed by atoms with Crippen LogP contribution in [0.15, 0.2) is 0 Å². The lowest BCUT2D eigenvalue weighted by Crippen LogP contribution is -2.45. The monoisotopic (exact) mass is 207 g/mol. The summed E-state index contributed by atoms with van der Waals surface area (Å²) in [4.78, 5) is 10.7. The smallest absolute Gasteiger partial charge is 0.315 e. The van der Waals surface area contributed by atoms with Gasteiger partial charge in [0.2, 0.25) is 0 Å². The highest BCUT2D eigenvalue weighted by molar-refractivity contribution is 5.79. The van der Waals surface area contributed by atoms with Gasteiger partial charge < -0.3 is 10.1 Å². The summed E-state index contributed by atoms with van der Waals surface area (Å²) in [6.07, 6.45) is -0.205. The van der Waals surface area contributed by atoms with Gasteiger partial charge in [-0.05, 0) is 26.2 Å². The molecule has 0 radical (unpaired) electrons. The molecule has 0 aliphatic carbocycles. The molecule has 0 aromatic rings. The number of nitrogens with one attached hydrogen (secondary N) is 1. The summed E-state index contributed by atoms with van der Waals surface area (Å²) in [5, 5.41) is 2.24. The van der Waals surface area contributed by atoms with E-state index in [4.69, 9.17) is 4.74 Å².